The van der Waals surface area contributed by atoms with Crippen LogP contribution in [0.4, 0.5) is 0 Å². The Morgan fingerprint density at radius 2 is 1.88 bits per heavy atom. The van der Waals surface area contributed by atoms with Gasteiger partial charge < -0.3 is 4.74 Å². The van der Waals surface area contributed by atoms with Gasteiger partial charge in [-0.05, 0) is 38.0 Å². The molecule has 0 spiro atoms. The maximum absolute atomic E-state index is 5.60. The molecule has 1 fully saturated rings. The van der Waals surface area contributed by atoms with Gasteiger partial charge in [0.15, 0.2) is 0 Å². The number of allylic oxidation sites excluding steroid dienone is 1. The summed E-state index contributed by atoms with van der Waals surface area (Å²) in [5, 5.41) is 0. The highest BCUT2D eigenvalue weighted by Gasteiger charge is 2.35. The standard InChI is InChI=1S/C10H19NOS.C4H10/c1-3-7-12-9(4-2)10(11-13)8-5-6-8;1-4(2)3/h3,7-11,13H,4-6H2,1-2H3;4H,1-3H3/b7-3-;. The zero-order chi connectivity index (χ0) is 13.3. The quantitative estimate of drug-likeness (QED) is 0.551. The number of hydrogen-bond acceptors (Lipinski definition) is 3. The van der Waals surface area contributed by atoms with E-state index in [2.05, 4.69) is 45.2 Å². The molecule has 1 aliphatic rings. The van der Waals surface area contributed by atoms with Gasteiger partial charge in [-0.15, -0.1) is 0 Å². The summed E-state index contributed by atoms with van der Waals surface area (Å²) >= 11 is 4.16. The SMILES string of the molecule is C/C=C\OC(CC)C(NS)C1CC1.CC(C)C. The van der Waals surface area contributed by atoms with Gasteiger partial charge in [-0.2, -0.15) is 0 Å². The molecular weight excluding hydrogens is 230 g/mol. The van der Waals surface area contributed by atoms with Crippen molar-refractivity contribution >= 4 is 12.8 Å². The summed E-state index contributed by atoms with van der Waals surface area (Å²) in [5.41, 5.74) is 0. The van der Waals surface area contributed by atoms with Gasteiger partial charge in [0.1, 0.15) is 6.10 Å². The van der Waals surface area contributed by atoms with Crippen molar-refractivity contribution in [1.29, 1.82) is 0 Å². The van der Waals surface area contributed by atoms with Crippen LogP contribution in [0.1, 0.15) is 53.9 Å². The van der Waals surface area contributed by atoms with Crippen LogP contribution in [0.3, 0.4) is 0 Å². The van der Waals surface area contributed by atoms with Gasteiger partial charge in [-0.25, -0.2) is 0 Å². The van der Waals surface area contributed by atoms with Crippen LogP contribution < -0.4 is 4.72 Å². The summed E-state index contributed by atoms with van der Waals surface area (Å²) in [7, 11) is 0. The maximum atomic E-state index is 5.60. The topological polar surface area (TPSA) is 21.3 Å². The summed E-state index contributed by atoms with van der Waals surface area (Å²) in [6.45, 7) is 10.6. The Hall–Kier alpha value is -0.150. The van der Waals surface area contributed by atoms with Gasteiger partial charge in [0.25, 0.3) is 0 Å². The van der Waals surface area contributed by atoms with E-state index in [9.17, 15) is 0 Å². The van der Waals surface area contributed by atoms with Crippen LogP contribution >= 0.6 is 12.8 Å². The molecule has 0 saturated heterocycles. The summed E-state index contributed by atoms with van der Waals surface area (Å²) in [4.78, 5) is 0. The highest BCUT2D eigenvalue weighted by Crippen LogP contribution is 2.35. The second-order valence-electron chi connectivity index (χ2n) is 5.28. The van der Waals surface area contributed by atoms with Crippen LogP contribution in [0.5, 0.6) is 0 Å². The third-order valence-electron chi connectivity index (χ3n) is 2.47. The van der Waals surface area contributed by atoms with E-state index in [0.29, 0.717) is 6.04 Å². The predicted octanol–water partition coefficient (Wildman–Crippen LogP) is 4.19. The minimum atomic E-state index is 0.265. The molecule has 0 aromatic carbocycles. The molecule has 0 bridgehead atoms. The van der Waals surface area contributed by atoms with Gasteiger partial charge in [-0.3, -0.25) is 4.72 Å². The van der Waals surface area contributed by atoms with Crippen molar-refractivity contribution in [1.82, 2.24) is 4.72 Å². The van der Waals surface area contributed by atoms with E-state index < -0.39 is 0 Å². The highest BCUT2D eigenvalue weighted by atomic mass is 32.1. The molecule has 0 aromatic rings. The molecule has 2 atom stereocenters. The molecule has 1 N–H and O–H groups in total. The minimum Gasteiger partial charge on any atom is -0.497 e. The van der Waals surface area contributed by atoms with E-state index in [0.717, 1.165) is 18.3 Å². The average Bonchev–Trinajstić information content (AvgIpc) is 3.07. The van der Waals surface area contributed by atoms with E-state index in [-0.39, 0.29) is 6.10 Å². The number of hydrogen-bond donors (Lipinski definition) is 2. The fourth-order valence-corrected chi connectivity index (χ4v) is 1.94. The summed E-state index contributed by atoms with van der Waals surface area (Å²) in [6, 6.07) is 0.407. The molecule has 2 unspecified atom stereocenters. The highest BCUT2D eigenvalue weighted by molar-refractivity contribution is 7.78. The molecule has 2 nitrogen and oxygen atoms in total. The predicted molar refractivity (Wildman–Crippen MR) is 79.1 cm³/mol. The first-order valence-corrected chi connectivity index (χ1v) is 7.17. The monoisotopic (exact) mass is 259 g/mol. The van der Waals surface area contributed by atoms with Crippen molar-refractivity contribution < 1.29 is 4.74 Å². The summed E-state index contributed by atoms with van der Waals surface area (Å²) in [6.07, 6.45) is 7.61. The lowest BCUT2D eigenvalue weighted by Gasteiger charge is -2.24. The van der Waals surface area contributed by atoms with Crippen LogP contribution in [0, 0.1) is 11.8 Å². The Morgan fingerprint density at radius 1 is 1.35 bits per heavy atom. The van der Waals surface area contributed by atoms with Crippen molar-refractivity contribution in [2.45, 2.75) is 66.0 Å². The molecule has 1 saturated carbocycles. The second-order valence-corrected chi connectivity index (χ2v) is 5.53. The van der Waals surface area contributed by atoms with Crippen molar-refractivity contribution in [3.8, 4) is 0 Å². The van der Waals surface area contributed by atoms with Crippen LogP contribution in [0.2, 0.25) is 0 Å². The molecule has 3 heteroatoms. The molecule has 0 heterocycles. The lowest BCUT2D eigenvalue weighted by Crippen LogP contribution is -2.37. The molecule has 1 rings (SSSR count). The molecule has 17 heavy (non-hydrogen) atoms. The Bertz CT molecular complexity index is 200. The zero-order valence-corrected chi connectivity index (χ0v) is 12.8. The average molecular weight is 259 g/mol. The minimum absolute atomic E-state index is 0.265. The van der Waals surface area contributed by atoms with E-state index in [1.807, 2.05) is 13.0 Å². The van der Waals surface area contributed by atoms with Crippen LogP contribution in [-0.2, 0) is 4.74 Å². The first kappa shape index (κ1) is 16.9. The summed E-state index contributed by atoms with van der Waals surface area (Å²) in [5.74, 6) is 1.60. The van der Waals surface area contributed by atoms with Crippen molar-refractivity contribution in [2.24, 2.45) is 11.8 Å². The molecule has 0 aromatic heterocycles. The van der Waals surface area contributed by atoms with Gasteiger partial charge in [0.05, 0.1) is 12.3 Å². The third kappa shape index (κ3) is 8.56. The Kier molecular flexibility index (Phi) is 9.75. The second kappa shape index (κ2) is 9.84. The maximum Gasteiger partial charge on any atom is 0.114 e. The van der Waals surface area contributed by atoms with Gasteiger partial charge in [0.2, 0.25) is 0 Å². The zero-order valence-electron chi connectivity index (χ0n) is 11.9. The van der Waals surface area contributed by atoms with Gasteiger partial charge in [-0.1, -0.05) is 46.6 Å². The molecule has 0 amide bonds. The van der Waals surface area contributed by atoms with E-state index in [4.69, 9.17) is 4.74 Å². The Labute approximate surface area is 113 Å². The number of ether oxygens (including phenoxy) is 1. The first-order chi connectivity index (χ1) is 8.06. The molecule has 0 aliphatic heterocycles. The van der Waals surface area contributed by atoms with Crippen LogP contribution in [0.25, 0.3) is 0 Å². The number of nitrogens with one attached hydrogen (secondary N) is 1. The summed E-state index contributed by atoms with van der Waals surface area (Å²) < 4.78 is 8.66. The lowest BCUT2D eigenvalue weighted by atomic mass is 10.1. The van der Waals surface area contributed by atoms with Crippen LogP contribution in [-0.4, -0.2) is 12.1 Å². The Morgan fingerprint density at radius 3 is 2.18 bits per heavy atom. The molecule has 0 radical (unpaired) electrons. The number of thiol groups is 1. The van der Waals surface area contributed by atoms with Crippen molar-refractivity contribution in [3.05, 3.63) is 12.3 Å². The fraction of sp³-hybridized carbons (Fsp3) is 0.857. The van der Waals surface area contributed by atoms with E-state index in [1.165, 1.54) is 12.8 Å². The van der Waals surface area contributed by atoms with Crippen molar-refractivity contribution in [3.63, 3.8) is 0 Å². The largest absolute Gasteiger partial charge is 0.497 e. The third-order valence-corrected chi connectivity index (χ3v) is 2.77. The van der Waals surface area contributed by atoms with E-state index >= 15 is 0 Å². The van der Waals surface area contributed by atoms with E-state index in [1.54, 1.807) is 6.26 Å². The molecule has 102 valence electrons. The molecule has 1 aliphatic carbocycles. The first-order valence-electron chi connectivity index (χ1n) is 6.72. The fourth-order valence-electron chi connectivity index (χ4n) is 1.56. The lowest BCUT2D eigenvalue weighted by molar-refractivity contribution is 0.101. The normalized spacial score (nSPS) is 18.8. The van der Waals surface area contributed by atoms with Crippen LogP contribution in [0.15, 0.2) is 12.3 Å². The Balaban J connectivity index is 0.000000557. The van der Waals surface area contributed by atoms with Gasteiger partial charge >= 0.3 is 0 Å². The molecular formula is C14H29NOS. The number of rotatable bonds is 6. The smallest absolute Gasteiger partial charge is 0.114 e. The van der Waals surface area contributed by atoms with Gasteiger partial charge in [0, 0.05) is 0 Å². The van der Waals surface area contributed by atoms with Crippen molar-refractivity contribution in [2.75, 3.05) is 0 Å².